The number of carbonyl (C=O) groups excluding carboxylic acids is 2. The fourth-order valence-electron chi connectivity index (χ4n) is 3.01. The molecule has 0 aromatic heterocycles. The van der Waals surface area contributed by atoms with Crippen molar-refractivity contribution in [3.05, 3.63) is 71.5 Å². The zero-order chi connectivity index (χ0) is 20.5. The maximum Gasteiger partial charge on any atom is 0.243 e. The number of nitrogens with one attached hydrogen (secondary N) is 1. The maximum atomic E-state index is 14.2. The molecule has 0 spiro atoms. The van der Waals surface area contributed by atoms with E-state index < -0.39 is 6.04 Å². The normalized spacial score (nSPS) is 12.9. The summed E-state index contributed by atoms with van der Waals surface area (Å²) in [6.45, 7) is 5.74. The van der Waals surface area contributed by atoms with E-state index in [4.69, 9.17) is 0 Å². The highest BCUT2D eigenvalue weighted by Gasteiger charge is 2.30. The first-order valence-corrected chi connectivity index (χ1v) is 9.83. The molecule has 2 amide bonds. The Balaban J connectivity index is 2.37. The second-order valence-electron chi connectivity index (χ2n) is 6.99. The summed E-state index contributed by atoms with van der Waals surface area (Å²) in [4.78, 5) is 27.3. The van der Waals surface area contributed by atoms with Crippen molar-refractivity contribution < 1.29 is 14.0 Å². The van der Waals surface area contributed by atoms with Crippen LogP contribution in [0.15, 0.2) is 54.6 Å². The molecule has 2 aromatic carbocycles. The van der Waals surface area contributed by atoms with Crippen molar-refractivity contribution in [2.75, 3.05) is 0 Å². The molecule has 0 saturated heterocycles. The van der Waals surface area contributed by atoms with Gasteiger partial charge in [-0.25, -0.2) is 4.39 Å². The van der Waals surface area contributed by atoms with E-state index >= 15 is 0 Å². The number of hydrogen-bond donors (Lipinski definition) is 1. The molecule has 0 heterocycles. The standard InChI is InChI=1S/C23H29FN2O2/c1-4-17(3)25-23(28)21(15-18-11-7-6-8-12-18)26(22(27)5-2)16-19-13-9-10-14-20(19)24/h6-14,17,21H,4-5,15-16H2,1-3H3,(H,25,28). The Kier molecular flexibility index (Phi) is 8.18. The lowest BCUT2D eigenvalue weighted by molar-refractivity contribution is -0.141. The molecule has 0 saturated carbocycles. The highest BCUT2D eigenvalue weighted by atomic mass is 19.1. The van der Waals surface area contributed by atoms with Crippen molar-refractivity contribution in [2.24, 2.45) is 0 Å². The van der Waals surface area contributed by atoms with Gasteiger partial charge in [-0.05, 0) is 25.0 Å². The van der Waals surface area contributed by atoms with Gasteiger partial charge in [-0.15, -0.1) is 0 Å². The Hall–Kier alpha value is -2.69. The first-order valence-electron chi connectivity index (χ1n) is 9.83. The van der Waals surface area contributed by atoms with Crippen LogP contribution in [0, 0.1) is 5.82 Å². The third kappa shape index (κ3) is 5.91. The smallest absolute Gasteiger partial charge is 0.243 e. The minimum Gasteiger partial charge on any atom is -0.352 e. The fourth-order valence-corrected chi connectivity index (χ4v) is 3.01. The first kappa shape index (κ1) is 21.6. The number of rotatable bonds is 9. The zero-order valence-electron chi connectivity index (χ0n) is 16.8. The molecular formula is C23H29FN2O2. The monoisotopic (exact) mass is 384 g/mol. The van der Waals surface area contributed by atoms with Gasteiger partial charge in [0.1, 0.15) is 11.9 Å². The molecule has 0 fully saturated rings. The second kappa shape index (κ2) is 10.6. The molecule has 0 radical (unpaired) electrons. The van der Waals surface area contributed by atoms with Crippen molar-refractivity contribution >= 4 is 11.8 Å². The lowest BCUT2D eigenvalue weighted by Crippen LogP contribution is -2.52. The number of hydrogen-bond acceptors (Lipinski definition) is 2. The van der Waals surface area contributed by atoms with E-state index in [1.165, 1.54) is 11.0 Å². The van der Waals surface area contributed by atoms with Crippen LogP contribution in [0.25, 0.3) is 0 Å². The maximum absolute atomic E-state index is 14.2. The Labute approximate surface area is 166 Å². The Morgan fingerprint density at radius 1 is 1.04 bits per heavy atom. The van der Waals surface area contributed by atoms with E-state index in [9.17, 15) is 14.0 Å². The molecule has 0 aliphatic heterocycles. The van der Waals surface area contributed by atoms with Crippen molar-refractivity contribution in [3.8, 4) is 0 Å². The number of nitrogens with zero attached hydrogens (tertiary/aromatic N) is 1. The Morgan fingerprint density at radius 3 is 2.29 bits per heavy atom. The third-order valence-corrected chi connectivity index (χ3v) is 4.87. The zero-order valence-corrected chi connectivity index (χ0v) is 16.8. The lowest BCUT2D eigenvalue weighted by Gasteiger charge is -2.32. The lowest BCUT2D eigenvalue weighted by atomic mass is 10.0. The average Bonchev–Trinajstić information content (AvgIpc) is 2.71. The molecule has 150 valence electrons. The van der Waals surface area contributed by atoms with Crippen molar-refractivity contribution in [2.45, 2.75) is 58.7 Å². The Morgan fingerprint density at radius 2 is 1.68 bits per heavy atom. The van der Waals surface area contributed by atoms with Gasteiger partial charge in [0.15, 0.2) is 0 Å². The predicted molar refractivity (Wildman–Crippen MR) is 109 cm³/mol. The van der Waals surface area contributed by atoms with E-state index in [1.54, 1.807) is 25.1 Å². The highest BCUT2D eigenvalue weighted by molar-refractivity contribution is 5.88. The fraction of sp³-hybridized carbons (Fsp3) is 0.391. The average molecular weight is 384 g/mol. The molecule has 0 aliphatic rings. The number of benzene rings is 2. The van der Waals surface area contributed by atoms with Gasteiger partial charge in [-0.2, -0.15) is 0 Å². The summed E-state index contributed by atoms with van der Waals surface area (Å²) < 4.78 is 14.2. The van der Waals surface area contributed by atoms with Crippen LogP contribution in [0.4, 0.5) is 4.39 Å². The van der Waals surface area contributed by atoms with Gasteiger partial charge in [-0.1, -0.05) is 62.4 Å². The summed E-state index contributed by atoms with van der Waals surface area (Å²) in [6.07, 6.45) is 1.42. The molecule has 2 atom stereocenters. The first-order chi connectivity index (χ1) is 13.5. The quantitative estimate of drug-likeness (QED) is 0.708. The summed E-state index contributed by atoms with van der Waals surface area (Å²) >= 11 is 0. The molecular weight excluding hydrogens is 355 g/mol. The predicted octanol–water partition coefficient (Wildman–Crippen LogP) is 4.09. The van der Waals surface area contributed by atoms with Gasteiger partial charge in [0.25, 0.3) is 0 Å². The van der Waals surface area contributed by atoms with E-state index in [-0.39, 0.29) is 36.6 Å². The molecule has 0 aliphatic carbocycles. The molecule has 4 nitrogen and oxygen atoms in total. The van der Waals surface area contributed by atoms with Gasteiger partial charge in [-0.3, -0.25) is 9.59 Å². The second-order valence-corrected chi connectivity index (χ2v) is 6.99. The van der Waals surface area contributed by atoms with Gasteiger partial charge in [0, 0.05) is 31.0 Å². The van der Waals surface area contributed by atoms with E-state index in [2.05, 4.69) is 5.32 Å². The van der Waals surface area contributed by atoms with Crippen LogP contribution in [0.3, 0.4) is 0 Å². The van der Waals surface area contributed by atoms with Crippen LogP contribution in [0.1, 0.15) is 44.7 Å². The van der Waals surface area contributed by atoms with Crippen LogP contribution >= 0.6 is 0 Å². The minimum absolute atomic E-state index is 0.00202. The van der Waals surface area contributed by atoms with Crippen molar-refractivity contribution in [3.63, 3.8) is 0 Å². The van der Waals surface area contributed by atoms with E-state index in [0.717, 1.165) is 12.0 Å². The SMILES string of the molecule is CCC(=O)N(Cc1ccccc1F)C(Cc1ccccc1)C(=O)NC(C)CC. The van der Waals surface area contributed by atoms with Gasteiger partial charge in [0.05, 0.1) is 0 Å². The third-order valence-electron chi connectivity index (χ3n) is 4.87. The molecule has 5 heteroatoms. The van der Waals surface area contributed by atoms with Crippen LogP contribution < -0.4 is 5.32 Å². The van der Waals surface area contributed by atoms with Crippen molar-refractivity contribution in [1.29, 1.82) is 0 Å². The minimum atomic E-state index is -0.705. The van der Waals surface area contributed by atoms with Crippen LogP contribution in [-0.4, -0.2) is 28.8 Å². The molecule has 2 rings (SSSR count). The number of amides is 2. The summed E-state index contributed by atoms with van der Waals surface area (Å²) in [5.41, 5.74) is 1.35. The summed E-state index contributed by atoms with van der Waals surface area (Å²) in [5.74, 6) is -0.767. The molecule has 0 bridgehead atoms. The van der Waals surface area contributed by atoms with Crippen LogP contribution in [-0.2, 0) is 22.6 Å². The largest absolute Gasteiger partial charge is 0.352 e. The molecule has 2 aromatic rings. The number of carbonyl (C=O) groups is 2. The number of halogens is 1. The topological polar surface area (TPSA) is 49.4 Å². The summed E-state index contributed by atoms with van der Waals surface area (Å²) in [7, 11) is 0. The van der Waals surface area contributed by atoms with Crippen LogP contribution in [0.2, 0.25) is 0 Å². The summed E-state index contributed by atoms with van der Waals surface area (Å²) in [5, 5.41) is 2.98. The summed E-state index contributed by atoms with van der Waals surface area (Å²) in [6, 6.07) is 15.2. The molecule has 1 N–H and O–H groups in total. The van der Waals surface area contributed by atoms with Crippen molar-refractivity contribution in [1.82, 2.24) is 10.2 Å². The van der Waals surface area contributed by atoms with E-state index in [0.29, 0.717) is 12.0 Å². The molecule has 2 unspecified atom stereocenters. The van der Waals surface area contributed by atoms with Crippen LogP contribution in [0.5, 0.6) is 0 Å². The Bertz CT molecular complexity index is 779. The van der Waals surface area contributed by atoms with Gasteiger partial charge < -0.3 is 10.2 Å². The highest BCUT2D eigenvalue weighted by Crippen LogP contribution is 2.17. The van der Waals surface area contributed by atoms with E-state index in [1.807, 2.05) is 44.2 Å². The molecule has 28 heavy (non-hydrogen) atoms. The van der Waals surface area contributed by atoms with Gasteiger partial charge in [0.2, 0.25) is 11.8 Å². The van der Waals surface area contributed by atoms with Gasteiger partial charge >= 0.3 is 0 Å².